The Kier molecular flexibility index (Phi) is 10.9. The minimum Gasteiger partial charge on any atom is -0.310 e. The molecule has 12 aromatic carbocycles. The van der Waals surface area contributed by atoms with Crippen molar-refractivity contribution in [2.45, 2.75) is 38.5 Å². The van der Waals surface area contributed by atoms with E-state index in [9.17, 15) is 0 Å². The fraction of sp³-hybridized carbons (Fsp3) is 0.0769. The van der Waals surface area contributed by atoms with Crippen LogP contribution in [0.25, 0.3) is 55.0 Å². The normalized spacial score (nSPS) is 14.2. The van der Waals surface area contributed by atoms with Crippen molar-refractivity contribution in [2.75, 3.05) is 9.80 Å². The van der Waals surface area contributed by atoms with E-state index in [1.165, 1.54) is 98.3 Å². The molecule has 83 heavy (non-hydrogen) atoms. The molecule has 0 saturated heterocycles. The smallest absolute Gasteiger partial charge is 0.181 e. The second-order valence-electron chi connectivity index (χ2n) is 23.6. The van der Waals surface area contributed by atoms with E-state index in [2.05, 4.69) is 338 Å². The molecular formula is C78H60N4Si. The van der Waals surface area contributed by atoms with Crippen molar-refractivity contribution in [1.82, 2.24) is 9.13 Å². The summed E-state index contributed by atoms with van der Waals surface area (Å²) in [6.07, 6.45) is 0. The zero-order chi connectivity index (χ0) is 55.6. The summed E-state index contributed by atoms with van der Waals surface area (Å²) in [4.78, 5) is 4.98. The lowest BCUT2D eigenvalue weighted by molar-refractivity contribution is 0.631. The molecule has 2 aliphatic rings. The zero-order valence-electron chi connectivity index (χ0n) is 47.0. The van der Waals surface area contributed by atoms with Gasteiger partial charge in [-0.15, -0.1) is 0 Å². The van der Waals surface area contributed by atoms with E-state index in [0.29, 0.717) is 0 Å². The number of rotatable bonds is 8. The highest BCUT2D eigenvalue weighted by Gasteiger charge is 2.45. The van der Waals surface area contributed by atoms with E-state index < -0.39 is 8.07 Å². The monoisotopic (exact) mass is 1080 g/mol. The SMILES string of the molecule is CC1(C)c2ccccc2N(c2cccc(-n3c4ccccc4c4c3c([Si](c3ccccc3)(c3ccccc3)c3ccccc3)cc3c5ccccc5n(-c5cccc(N6c7ccccc7C(C)(C)c7ccccc76)c5)c34)c2)c2ccccc21. The third kappa shape index (κ3) is 7.04. The van der Waals surface area contributed by atoms with E-state index in [1.807, 2.05) is 0 Å². The summed E-state index contributed by atoms with van der Waals surface area (Å²) in [5.41, 5.74) is 18.8. The van der Waals surface area contributed by atoms with Gasteiger partial charge in [0.25, 0.3) is 0 Å². The van der Waals surface area contributed by atoms with Crippen LogP contribution in [0.1, 0.15) is 49.9 Å². The molecule has 0 aliphatic carbocycles. The zero-order valence-corrected chi connectivity index (χ0v) is 48.0. The van der Waals surface area contributed by atoms with Gasteiger partial charge >= 0.3 is 0 Å². The number of nitrogens with zero attached hydrogens (tertiary/aromatic N) is 4. The molecule has 0 atom stereocenters. The Balaban J connectivity index is 1.06. The van der Waals surface area contributed by atoms with E-state index in [0.717, 1.165) is 33.8 Å². The van der Waals surface area contributed by atoms with Crippen LogP contribution in [0.4, 0.5) is 34.1 Å². The Labute approximate surface area is 486 Å². The number of aromatic nitrogens is 2. The third-order valence-corrected chi connectivity index (χ3v) is 23.3. The van der Waals surface area contributed by atoms with E-state index in [1.54, 1.807) is 0 Å². The summed E-state index contributed by atoms with van der Waals surface area (Å²) in [7, 11) is -3.28. The van der Waals surface area contributed by atoms with Gasteiger partial charge in [-0.2, -0.15) is 0 Å². The van der Waals surface area contributed by atoms with Gasteiger partial charge in [0.15, 0.2) is 8.07 Å². The molecule has 0 bridgehead atoms. The van der Waals surface area contributed by atoms with Gasteiger partial charge in [0.2, 0.25) is 0 Å². The Morgan fingerprint density at radius 3 is 1.05 bits per heavy atom. The maximum Gasteiger partial charge on any atom is 0.181 e. The molecule has 0 N–H and O–H groups in total. The number of anilines is 6. The summed E-state index contributed by atoms with van der Waals surface area (Å²) in [6.45, 7) is 9.45. The Morgan fingerprint density at radius 1 is 0.277 bits per heavy atom. The van der Waals surface area contributed by atoms with Gasteiger partial charge < -0.3 is 18.9 Å². The first-order valence-corrected chi connectivity index (χ1v) is 31.1. The molecular weight excluding hydrogens is 1020 g/mol. The number of benzene rings is 12. The Morgan fingerprint density at radius 2 is 0.614 bits per heavy atom. The summed E-state index contributed by atoms with van der Waals surface area (Å²) in [5, 5.41) is 10.2. The van der Waals surface area contributed by atoms with Crippen LogP contribution in [0, 0.1) is 0 Å². The number of para-hydroxylation sites is 6. The van der Waals surface area contributed by atoms with Crippen molar-refractivity contribution in [3.8, 4) is 11.4 Å². The second-order valence-corrected chi connectivity index (χ2v) is 27.4. The van der Waals surface area contributed by atoms with Crippen LogP contribution in [-0.2, 0) is 10.8 Å². The van der Waals surface area contributed by atoms with Gasteiger partial charge in [-0.1, -0.05) is 240 Å². The van der Waals surface area contributed by atoms with Crippen LogP contribution >= 0.6 is 0 Å². The van der Waals surface area contributed by atoms with Crippen molar-refractivity contribution in [3.05, 3.63) is 313 Å². The standard InChI is InChI=1S/C78H60N4Si/c1-77(2)63-40-16-22-46-69(63)79(70-47-23-17-41-64(70)77)53-28-26-30-55(50-53)81-67-44-20-14-38-60(67)62-52-73(83(57-32-8-5-9-33-57,58-34-10-6-11-35-58)59-36-12-7-13-37-59)76-74(75(62)81)61-39-15-21-45-68(61)82(76)56-31-27-29-54(51-56)80-71-48-24-18-42-65(71)78(3,4)66-43-19-25-49-72(66)80/h5-52H,1-4H3. The highest BCUT2D eigenvalue weighted by atomic mass is 28.3. The maximum atomic E-state index is 2.64. The summed E-state index contributed by atoms with van der Waals surface area (Å²) in [6, 6.07) is 110. The van der Waals surface area contributed by atoms with E-state index >= 15 is 0 Å². The minimum atomic E-state index is -3.28. The molecule has 0 unspecified atom stereocenters. The van der Waals surface area contributed by atoms with Crippen LogP contribution in [0.5, 0.6) is 0 Å². The van der Waals surface area contributed by atoms with Crippen LogP contribution in [0.3, 0.4) is 0 Å². The molecule has 2 aromatic heterocycles. The third-order valence-electron chi connectivity index (χ3n) is 18.6. The molecule has 14 aromatic rings. The van der Waals surface area contributed by atoms with E-state index in [4.69, 9.17) is 0 Å². The molecule has 4 heterocycles. The number of hydrogen-bond donors (Lipinski definition) is 0. The van der Waals surface area contributed by atoms with Gasteiger partial charge in [-0.3, -0.25) is 0 Å². The summed E-state index contributed by atoms with van der Waals surface area (Å²) < 4.78 is 5.21. The first-order valence-electron chi connectivity index (χ1n) is 29.1. The topological polar surface area (TPSA) is 16.3 Å². The highest BCUT2D eigenvalue weighted by Crippen LogP contribution is 2.54. The lowest BCUT2D eigenvalue weighted by Crippen LogP contribution is -2.75. The predicted molar refractivity (Wildman–Crippen MR) is 352 cm³/mol. The quantitative estimate of drug-likeness (QED) is 0.111. The highest BCUT2D eigenvalue weighted by molar-refractivity contribution is 7.20. The van der Waals surface area contributed by atoms with Crippen LogP contribution < -0.4 is 30.5 Å². The van der Waals surface area contributed by atoms with Gasteiger partial charge in [0.1, 0.15) is 0 Å². The molecule has 0 radical (unpaired) electrons. The van der Waals surface area contributed by atoms with E-state index in [-0.39, 0.29) is 10.8 Å². The van der Waals surface area contributed by atoms with Gasteiger partial charge in [0, 0.05) is 55.1 Å². The lowest BCUT2D eigenvalue weighted by Gasteiger charge is -2.42. The summed E-state index contributed by atoms with van der Waals surface area (Å²) in [5.74, 6) is 0. The van der Waals surface area contributed by atoms with Crippen molar-refractivity contribution in [1.29, 1.82) is 0 Å². The molecule has 0 amide bonds. The molecule has 0 spiro atoms. The maximum absolute atomic E-state index is 3.28. The van der Waals surface area contributed by atoms with Crippen LogP contribution in [0.15, 0.2) is 291 Å². The predicted octanol–water partition coefficient (Wildman–Crippen LogP) is 17.5. The molecule has 2 aliphatic heterocycles. The van der Waals surface area contributed by atoms with Crippen molar-refractivity contribution in [3.63, 3.8) is 0 Å². The van der Waals surface area contributed by atoms with Crippen LogP contribution in [0.2, 0.25) is 0 Å². The fourth-order valence-corrected chi connectivity index (χ4v) is 19.9. The average molecular weight is 1080 g/mol. The molecule has 0 saturated carbocycles. The van der Waals surface area contributed by atoms with Crippen molar-refractivity contribution in [2.24, 2.45) is 0 Å². The molecule has 16 rings (SSSR count). The number of fused-ring (bicyclic) bond motifs is 11. The van der Waals surface area contributed by atoms with Gasteiger partial charge in [-0.25, -0.2) is 0 Å². The van der Waals surface area contributed by atoms with Gasteiger partial charge in [-0.05, 0) is 122 Å². The van der Waals surface area contributed by atoms with Gasteiger partial charge in [0.05, 0.1) is 44.8 Å². The first-order chi connectivity index (χ1) is 40.7. The second kappa shape index (κ2) is 18.5. The Bertz CT molecular complexity index is 4680. The minimum absolute atomic E-state index is 0.178. The molecule has 4 nitrogen and oxygen atoms in total. The molecule has 0 fully saturated rings. The van der Waals surface area contributed by atoms with Crippen molar-refractivity contribution >= 4 is 107 Å². The molecule has 396 valence electrons. The largest absolute Gasteiger partial charge is 0.310 e. The summed E-state index contributed by atoms with van der Waals surface area (Å²) >= 11 is 0. The fourth-order valence-electron chi connectivity index (χ4n) is 14.9. The Hall–Kier alpha value is -9.94. The first kappa shape index (κ1) is 48.9. The van der Waals surface area contributed by atoms with Crippen LogP contribution in [-0.4, -0.2) is 17.2 Å². The lowest BCUT2D eigenvalue weighted by atomic mass is 9.73. The molecule has 5 heteroatoms. The average Bonchev–Trinajstić information content (AvgIpc) is 3.31. The number of hydrogen-bond acceptors (Lipinski definition) is 2. The van der Waals surface area contributed by atoms with Crippen molar-refractivity contribution < 1.29 is 0 Å².